The molecule has 0 spiro atoms. The highest BCUT2D eigenvalue weighted by molar-refractivity contribution is 9.10. The summed E-state index contributed by atoms with van der Waals surface area (Å²) in [6, 6.07) is 20.1. The van der Waals surface area contributed by atoms with E-state index in [1.165, 1.54) is 7.11 Å². The van der Waals surface area contributed by atoms with Gasteiger partial charge in [-0.3, -0.25) is 4.79 Å². The molecule has 5 heteroatoms. The molecule has 26 heavy (non-hydrogen) atoms. The lowest BCUT2D eigenvalue weighted by molar-refractivity contribution is -0.142. The Morgan fingerprint density at radius 2 is 1.69 bits per heavy atom. The molecular weight excluding hydrogens is 394 g/mol. The van der Waals surface area contributed by atoms with Crippen molar-refractivity contribution in [2.24, 2.45) is 0 Å². The molecule has 4 nitrogen and oxygen atoms in total. The van der Waals surface area contributed by atoms with Crippen LogP contribution in [-0.2, 0) is 16.0 Å². The second-order valence-corrected chi connectivity index (χ2v) is 6.86. The Morgan fingerprint density at radius 3 is 2.38 bits per heavy atom. The summed E-state index contributed by atoms with van der Waals surface area (Å²) in [5, 5.41) is 4.82. The number of esters is 1. The number of carbonyl (C=O) groups excluding carboxylic acids is 2. The van der Waals surface area contributed by atoms with Gasteiger partial charge in [0.15, 0.2) is 0 Å². The summed E-state index contributed by atoms with van der Waals surface area (Å²) in [4.78, 5) is 24.8. The summed E-state index contributed by atoms with van der Waals surface area (Å²) in [5.74, 6) is -0.773. The number of amides is 1. The third kappa shape index (κ3) is 4.29. The van der Waals surface area contributed by atoms with Crippen molar-refractivity contribution >= 4 is 38.6 Å². The number of hydrogen-bond acceptors (Lipinski definition) is 3. The normalized spacial score (nSPS) is 11.8. The van der Waals surface area contributed by atoms with E-state index in [4.69, 9.17) is 4.74 Å². The molecular formula is C21H18BrNO3. The molecule has 0 fully saturated rings. The van der Waals surface area contributed by atoms with Crippen LogP contribution in [0.15, 0.2) is 71.2 Å². The second-order valence-electron chi connectivity index (χ2n) is 5.94. The number of fused-ring (bicyclic) bond motifs is 1. The number of carbonyl (C=O) groups is 2. The van der Waals surface area contributed by atoms with Crippen molar-refractivity contribution in [1.82, 2.24) is 5.32 Å². The maximum absolute atomic E-state index is 12.6. The SMILES string of the molecule is COC(=O)[C@H](Cc1ccc(Br)cc1)NC(=O)c1ccc2ccccc2c1. The van der Waals surface area contributed by atoms with E-state index in [9.17, 15) is 9.59 Å². The van der Waals surface area contributed by atoms with Crippen molar-refractivity contribution < 1.29 is 14.3 Å². The van der Waals surface area contributed by atoms with Crippen molar-refractivity contribution in [3.05, 3.63) is 82.3 Å². The topological polar surface area (TPSA) is 55.4 Å². The van der Waals surface area contributed by atoms with Gasteiger partial charge in [0.25, 0.3) is 5.91 Å². The van der Waals surface area contributed by atoms with E-state index in [0.717, 1.165) is 20.8 Å². The molecule has 0 aliphatic rings. The molecule has 0 saturated heterocycles. The maximum atomic E-state index is 12.6. The Labute approximate surface area is 160 Å². The predicted molar refractivity (Wildman–Crippen MR) is 105 cm³/mol. The predicted octanol–water partition coefficient (Wildman–Crippen LogP) is 4.12. The summed E-state index contributed by atoms with van der Waals surface area (Å²) in [6.45, 7) is 0. The third-order valence-electron chi connectivity index (χ3n) is 4.16. The first-order valence-electron chi connectivity index (χ1n) is 8.19. The number of rotatable bonds is 5. The van der Waals surface area contributed by atoms with Crippen LogP contribution in [0, 0.1) is 0 Å². The minimum absolute atomic E-state index is 0.303. The van der Waals surface area contributed by atoms with Crippen LogP contribution in [0.2, 0.25) is 0 Å². The number of benzene rings is 3. The summed E-state index contributed by atoms with van der Waals surface area (Å²) in [5.41, 5.74) is 1.44. The highest BCUT2D eigenvalue weighted by Crippen LogP contribution is 2.16. The Hall–Kier alpha value is -2.66. The molecule has 0 aliphatic carbocycles. The molecule has 0 heterocycles. The van der Waals surface area contributed by atoms with E-state index in [0.29, 0.717) is 12.0 Å². The van der Waals surface area contributed by atoms with Gasteiger partial charge in [0.2, 0.25) is 0 Å². The molecule has 0 radical (unpaired) electrons. The average Bonchev–Trinajstić information content (AvgIpc) is 2.68. The van der Waals surface area contributed by atoms with Crippen LogP contribution in [0.25, 0.3) is 10.8 Å². The van der Waals surface area contributed by atoms with E-state index in [1.807, 2.05) is 60.7 Å². The van der Waals surface area contributed by atoms with E-state index in [1.54, 1.807) is 6.07 Å². The molecule has 0 bridgehead atoms. The molecule has 3 rings (SSSR count). The maximum Gasteiger partial charge on any atom is 0.328 e. The summed E-state index contributed by atoms with van der Waals surface area (Å²) in [6.07, 6.45) is 0.360. The number of halogens is 1. The van der Waals surface area contributed by atoms with Crippen molar-refractivity contribution in [3.63, 3.8) is 0 Å². The summed E-state index contributed by atoms with van der Waals surface area (Å²) < 4.78 is 5.81. The molecule has 1 amide bonds. The van der Waals surface area contributed by atoms with Crippen LogP contribution in [0.3, 0.4) is 0 Å². The van der Waals surface area contributed by atoms with Crippen molar-refractivity contribution in [2.45, 2.75) is 12.5 Å². The van der Waals surface area contributed by atoms with Crippen molar-refractivity contribution in [3.8, 4) is 0 Å². The second kappa shape index (κ2) is 8.15. The van der Waals surface area contributed by atoms with Crippen LogP contribution in [0.1, 0.15) is 15.9 Å². The monoisotopic (exact) mass is 411 g/mol. The fraction of sp³-hybridized carbons (Fsp3) is 0.143. The van der Waals surface area contributed by atoms with Crippen molar-refractivity contribution in [2.75, 3.05) is 7.11 Å². The lowest BCUT2D eigenvalue weighted by Gasteiger charge is -2.17. The third-order valence-corrected chi connectivity index (χ3v) is 4.68. The van der Waals surface area contributed by atoms with Crippen LogP contribution in [0.4, 0.5) is 0 Å². The highest BCUT2D eigenvalue weighted by atomic mass is 79.9. The van der Waals surface area contributed by atoms with Gasteiger partial charge >= 0.3 is 5.97 Å². The van der Waals surface area contributed by atoms with Gasteiger partial charge in [-0.25, -0.2) is 4.79 Å². The van der Waals surface area contributed by atoms with Gasteiger partial charge < -0.3 is 10.1 Å². The zero-order chi connectivity index (χ0) is 18.5. The number of ether oxygens (including phenoxy) is 1. The molecule has 1 N–H and O–H groups in total. The van der Waals surface area contributed by atoms with Gasteiger partial charge in [-0.1, -0.05) is 58.4 Å². The molecule has 0 saturated carbocycles. The Bertz CT molecular complexity index is 937. The van der Waals surface area contributed by atoms with Gasteiger partial charge in [0.05, 0.1) is 7.11 Å². The zero-order valence-corrected chi connectivity index (χ0v) is 15.8. The lowest BCUT2D eigenvalue weighted by Crippen LogP contribution is -2.43. The Kier molecular flexibility index (Phi) is 5.68. The first-order valence-corrected chi connectivity index (χ1v) is 8.98. The van der Waals surface area contributed by atoms with Crippen LogP contribution in [-0.4, -0.2) is 25.0 Å². The van der Waals surface area contributed by atoms with E-state index < -0.39 is 12.0 Å². The fourth-order valence-corrected chi connectivity index (χ4v) is 3.03. The quantitative estimate of drug-likeness (QED) is 0.642. The number of hydrogen-bond donors (Lipinski definition) is 1. The van der Waals surface area contributed by atoms with Crippen LogP contribution < -0.4 is 5.32 Å². The molecule has 0 aromatic heterocycles. The number of methoxy groups -OCH3 is 1. The van der Waals surface area contributed by atoms with E-state index >= 15 is 0 Å². The van der Waals surface area contributed by atoms with Gasteiger partial charge in [0.1, 0.15) is 6.04 Å². The van der Waals surface area contributed by atoms with E-state index in [-0.39, 0.29) is 5.91 Å². The Morgan fingerprint density at radius 1 is 1.00 bits per heavy atom. The van der Waals surface area contributed by atoms with Gasteiger partial charge in [-0.15, -0.1) is 0 Å². The van der Waals surface area contributed by atoms with Crippen LogP contribution >= 0.6 is 15.9 Å². The standard InChI is InChI=1S/C21H18BrNO3/c1-26-21(25)19(12-14-6-10-18(22)11-7-14)23-20(24)17-9-8-15-4-2-3-5-16(15)13-17/h2-11,13,19H,12H2,1H3,(H,23,24)/t19-/m0/s1. The zero-order valence-electron chi connectivity index (χ0n) is 14.2. The lowest BCUT2D eigenvalue weighted by atomic mass is 10.0. The van der Waals surface area contributed by atoms with Gasteiger partial charge in [-0.05, 0) is 40.6 Å². The molecule has 3 aromatic rings. The average molecular weight is 412 g/mol. The van der Waals surface area contributed by atoms with Gasteiger partial charge in [-0.2, -0.15) is 0 Å². The first kappa shape index (κ1) is 18.1. The van der Waals surface area contributed by atoms with E-state index in [2.05, 4.69) is 21.2 Å². The first-order chi connectivity index (χ1) is 12.6. The summed E-state index contributed by atoms with van der Waals surface area (Å²) in [7, 11) is 1.32. The molecule has 1 atom stereocenters. The summed E-state index contributed by atoms with van der Waals surface area (Å²) >= 11 is 3.38. The molecule has 0 unspecified atom stereocenters. The highest BCUT2D eigenvalue weighted by Gasteiger charge is 2.22. The molecule has 3 aromatic carbocycles. The fourth-order valence-electron chi connectivity index (χ4n) is 2.76. The minimum Gasteiger partial charge on any atom is -0.467 e. The molecule has 0 aliphatic heterocycles. The Balaban J connectivity index is 1.79. The minimum atomic E-state index is -0.750. The van der Waals surface area contributed by atoms with Gasteiger partial charge in [0, 0.05) is 16.5 Å². The largest absolute Gasteiger partial charge is 0.467 e. The van der Waals surface area contributed by atoms with Crippen LogP contribution in [0.5, 0.6) is 0 Å². The molecule has 132 valence electrons. The van der Waals surface area contributed by atoms with Crippen molar-refractivity contribution in [1.29, 1.82) is 0 Å². The number of nitrogens with one attached hydrogen (secondary N) is 1. The smallest absolute Gasteiger partial charge is 0.328 e.